The van der Waals surface area contributed by atoms with Crippen molar-refractivity contribution in [3.63, 3.8) is 0 Å². The monoisotopic (exact) mass is 282 g/mol. The van der Waals surface area contributed by atoms with Crippen LogP contribution in [0.1, 0.15) is 36.5 Å². The van der Waals surface area contributed by atoms with Gasteiger partial charge in [0.05, 0.1) is 6.10 Å². The highest BCUT2D eigenvalue weighted by Crippen LogP contribution is 2.52. The third-order valence-corrected chi connectivity index (χ3v) is 4.29. The van der Waals surface area contributed by atoms with E-state index in [1.165, 1.54) is 5.56 Å². The summed E-state index contributed by atoms with van der Waals surface area (Å²) in [7, 11) is 0. The molecule has 0 heterocycles. The van der Waals surface area contributed by atoms with Gasteiger partial charge in [-0.1, -0.05) is 60.7 Å². The number of ether oxygens (including phenoxy) is 1. The van der Waals surface area contributed by atoms with Crippen LogP contribution in [0.15, 0.2) is 60.7 Å². The van der Waals surface area contributed by atoms with Crippen LogP contribution in [0.5, 0.6) is 0 Å². The molecule has 2 aromatic rings. The van der Waals surface area contributed by atoms with E-state index >= 15 is 0 Å². The normalized spacial score (nSPS) is 23.5. The van der Waals surface area contributed by atoms with Crippen molar-refractivity contribution >= 4 is 0 Å². The van der Waals surface area contributed by atoms with E-state index in [1.807, 2.05) is 43.3 Å². The lowest BCUT2D eigenvalue weighted by atomic mass is 9.98. The SMILES string of the molecule is CCOC(c1ccccc1)C(O)C1CC1c1ccccc1. The Kier molecular flexibility index (Phi) is 4.37. The molecule has 0 saturated heterocycles. The number of rotatable bonds is 6. The number of benzene rings is 2. The Balaban J connectivity index is 1.73. The van der Waals surface area contributed by atoms with Crippen LogP contribution < -0.4 is 0 Å². The topological polar surface area (TPSA) is 29.5 Å². The second kappa shape index (κ2) is 6.42. The Morgan fingerprint density at radius 1 is 1.05 bits per heavy atom. The molecule has 0 spiro atoms. The molecule has 1 N–H and O–H groups in total. The molecule has 0 radical (unpaired) electrons. The molecular weight excluding hydrogens is 260 g/mol. The van der Waals surface area contributed by atoms with E-state index < -0.39 is 6.10 Å². The lowest BCUT2D eigenvalue weighted by molar-refractivity contribution is -0.0449. The minimum Gasteiger partial charge on any atom is -0.390 e. The van der Waals surface area contributed by atoms with Gasteiger partial charge >= 0.3 is 0 Å². The highest BCUT2D eigenvalue weighted by molar-refractivity contribution is 5.28. The molecule has 0 aliphatic heterocycles. The Morgan fingerprint density at radius 3 is 2.29 bits per heavy atom. The molecule has 110 valence electrons. The molecule has 0 aromatic heterocycles. The van der Waals surface area contributed by atoms with Crippen molar-refractivity contribution in [2.45, 2.75) is 31.5 Å². The van der Waals surface area contributed by atoms with Gasteiger partial charge in [0.25, 0.3) is 0 Å². The molecule has 4 unspecified atom stereocenters. The quantitative estimate of drug-likeness (QED) is 0.870. The van der Waals surface area contributed by atoms with E-state index in [9.17, 15) is 5.11 Å². The summed E-state index contributed by atoms with van der Waals surface area (Å²) in [6.45, 7) is 2.59. The Hall–Kier alpha value is -1.64. The number of hydrogen-bond donors (Lipinski definition) is 1. The van der Waals surface area contributed by atoms with Gasteiger partial charge in [-0.05, 0) is 36.3 Å². The van der Waals surface area contributed by atoms with Crippen molar-refractivity contribution in [2.75, 3.05) is 6.61 Å². The Labute approximate surface area is 126 Å². The number of aliphatic hydroxyl groups excluding tert-OH is 1. The maximum absolute atomic E-state index is 10.7. The van der Waals surface area contributed by atoms with E-state index in [0.717, 1.165) is 12.0 Å². The second-order valence-corrected chi connectivity index (χ2v) is 5.69. The molecule has 4 atom stereocenters. The van der Waals surface area contributed by atoms with Crippen molar-refractivity contribution in [2.24, 2.45) is 5.92 Å². The average molecular weight is 282 g/mol. The summed E-state index contributed by atoms with van der Waals surface area (Å²) in [5.41, 5.74) is 2.38. The predicted molar refractivity (Wildman–Crippen MR) is 84.1 cm³/mol. The van der Waals surface area contributed by atoms with Gasteiger partial charge in [0.1, 0.15) is 6.10 Å². The molecule has 1 saturated carbocycles. The van der Waals surface area contributed by atoms with E-state index in [0.29, 0.717) is 18.4 Å². The fourth-order valence-corrected chi connectivity index (χ4v) is 3.11. The first-order valence-electron chi connectivity index (χ1n) is 7.70. The van der Waals surface area contributed by atoms with Crippen molar-refractivity contribution in [1.82, 2.24) is 0 Å². The predicted octanol–water partition coefficient (Wildman–Crippen LogP) is 3.93. The van der Waals surface area contributed by atoms with E-state index in [1.54, 1.807) is 0 Å². The molecule has 3 rings (SSSR count). The zero-order valence-electron chi connectivity index (χ0n) is 12.4. The maximum atomic E-state index is 10.7. The van der Waals surface area contributed by atoms with E-state index in [-0.39, 0.29) is 6.10 Å². The fraction of sp³-hybridized carbons (Fsp3) is 0.368. The van der Waals surface area contributed by atoms with Crippen LogP contribution in [0.2, 0.25) is 0 Å². The van der Waals surface area contributed by atoms with Gasteiger partial charge in [-0.3, -0.25) is 0 Å². The van der Waals surface area contributed by atoms with Gasteiger partial charge in [0.15, 0.2) is 0 Å². The standard InChI is InChI=1S/C19H22O2/c1-2-21-19(15-11-7-4-8-12-15)18(20)17-13-16(17)14-9-5-3-6-10-14/h3-12,16-20H,2,13H2,1H3. The first kappa shape index (κ1) is 14.3. The van der Waals surface area contributed by atoms with E-state index in [4.69, 9.17) is 4.74 Å². The molecule has 1 fully saturated rings. The lowest BCUT2D eigenvalue weighted by Crippen LogP contribution is -2.24. The molecule has 1 aliphatic rings. The molecule has 2 aromatic carbocycles. The Bertz CT molecular complexity index is 552. The molecular formula is C19H22O2. The van der Waals surface area contributed by atoms with Crippen LogP contribution in [-0.2, 0) is 4.74 Å². The molecule has 0 amide bonds. The average Bonchev–Trinajstić information content (AvgIpc) is 3.34. The van der Waals surface area contributed by atoms with Crippen LogP contribution in [0.25, 0.3) is 0 Å². The van der Waals surface area contributed by atoms with Gasteiger partial charge in [0, 0.05) is 6.61 Å². The first-order valence-corrected chi connectivity index (χ1v) is 7.70. The summed E-state index contributed by atoms with van der Waals surface area (Å²) >= 11 is 0. The van der Waals surface area contributed by atoms with Crippen LogP contribution in [0.3, 0.4) is 0 Å². The maximum Gasteiger partial charge on any atom is 0.109 e. The van der Waals surface area contributed by atoms with Crippen molar-refractivity contribution in [3.05, 3.63) is 71.8 Å². The van der Waals surface area contributed by atoms with Gasteiger partial charge in [-0.15, -0.1) is 0 Å². The van der Waals surface area contributed by atoms with Gasteiger partial charge in [0.2, 0.25) is 0 Å². The molecule has 1 aliphatic carbocycles. The van der Waals surface area contributed by atoms with Crippen LogP contribution in [0, 0.1) is 5.92 Å². The highest BCUT2D eigenvalue weighted by Gasteiger charge is 2.46. The summed E-state index contributed by atoms with van der Waals surface area (Å²) in [6, 6.07) is 20.5. The Morgan fingerprint density at radius 2 is 1.67 bits per heavy atom. The summed E-state index contributed by atoms with van der Waals surface area (Å²) in [6.07, 6.45) is 0.370. The summed E-state index contributed by atoms with van der Waals surface area (Å²) in [5.74, 6) is 0.761. The largest absolute Gasteiger partial charge is 0.390 e. The van der Waals surface area contributed by atoms with Gasteiger partial charge in [-0.25, -0.2) is 0 Å². The van der Waals surface area contributed by atoms with Crippen LogP contribution in [-0.4, -0.2) is 17.8 Å². The fourth-order valence-electron chi connectivity index (χ4n) is 3.11. The van der Waals surface area contributed by atoms with Gasteiger partial charge in [-0.2, -0.15) is 0 Å². The minimum atomic E-state index is -0.447. The minimum absolute atomic E-state index is 0.227. The molecule has 21 heavy (non-hydrogen) atoms. The van der Waals surface area contributed by atoms with Crippen LogP contribution >= 0.6 is 0 Å². The number of aliphatic hydroxyl groups is 1. The van der Waals surface area contributed by atoms with Crippen molar-refractivity contribution in [3.8, 4) is 0 Å². The molecule has 2 nitrogen and oxygen atoms in total. The van der Waals surface area contributed by atoms with Crippen molar-refractivity contribution in [1.29, 1.82) is 0 Å². The zero-order chi connectivity index (χ0) is 14.7. The van der Waals surface area contributed by atoms with Gasteiger partial charge < -0.3 is 9.84 Å². The zero-order valence-corrected chi connectivity index (χ0v) is 12.4. The van der Waals surface area contributed by atoms with E-state index in [2.05, 4.69) is 24.3 Å². The van der Waals surface area contributed by atoms with Crippen molar-refractivity contribution < 1.29 is 9.84 Å². The third-order valence-electron chi connectivity index (χ3n) is 4.29. The highest BCUT2D eigenvalue weighted by atomic mass is 16.5. The van der Waals surface area contributed by atoms with Crippen LogP contribution in [0.4, 0.5) is 0 Å². The third kappa shape index (κ3) is 3.17. The number of hydrogen-bond acceptors (Lipinski definition) is 2. The summed E-state index contributed by atoms with van der Waals surface area (Å²) in [4.78, 5) is 0. The summed E-state index contributed by atoms with van der Waals surface area (Å²) in [5, 5.41) is 10.7. The molecule has 2 heteroatoms. The smallest absolute Gasteiger partial charge is 0.109 e. The first-order chi connectivity index (χ1) is 10.3. The molecule has 0 bridgehead atoms. The summed E-state index contributed by atoms with van der Waals surface area (Å²) < 4.78 is 5.83. The lowest BCUT2D eigenvalue weighted by Gasteiger charge is -2.23. The second-order valence-electron chi connectivity index (χ2n) is 5.69.